The molecule has 2 aliphatic rings. The molecule has 1 fully saturated rings. The van der Waals surface area contributed by atoms with Crippen LogP contribution in [0.1, 0.15) is 12.8 Å². The maximum absolute atomic E-state index is 5.37. The first-order chi connectivity index (χ1) is 8.33. The first-order valence-corrected chi connectivity index (χ1v) is 6.10. The third kappa shape index (κ3) is 1.59. The number of nitrogens with one attached hydrogen (secondary N) is 1. The number of hydrogen-bond donors (Lipinski definition) is 1. The molecule has 0 amide bonds. The van der Waals surface area contributed by atoms with E-state index in [9.17, 15) is 0 Å². The quantitative estimate of drug-likeness (QED) is 0.849. The van der Waals surface area contributed by atoms with Crippen LogP contribution in [0.3, 0.4) is 0 Å². The second-order valence-corrected chi connectivity index (χ2v) is 4.59. The zero-order valence-corrected chi connectivity index (χ0v) is 10.3. The van der Waals surface area contributed by atoms with Gasteiger partial charge in [-0.15, -0.1) is 0 Å². The zero-order valence-electron chi connectivity index (χ0n) is 10.3. The van der Waals surface area contributed by atoms with Gasteiger partial charge >= 0.3 is 0 Å². The average Bonchev–Trinajstić information content (AvgIpc) is 2.85. The summed E-state index contributed by atoms with van der Waals surface area (Å²) in [5.74, 6) is 1.59. The van der Waals surface area contributed by atoms with E-state index < -0.39 is 0 Å². The standard InChI is InChI=1S/C13H18N2O2/c1-16-12-6-10-11(7-13(12)17-2)15-5-3-4-9(15)8-14-10/h6-7,9,14H,3-5,8H2,1-2H3. The molecule has 1 saturated heterocycles. The fourth-order valence-electron chi connectivity index (χ4n) is 2.84. The molecule has 3 rings (SSSR count). The highest BCUT2D eigenvalue weighted by Gasteiger charge is 2.31. The smallest absolute Gasteiger partial charge is 0.162 e. The van der Waals surface area contributed by atoms with Crippen molar-refractivity contribution in [1.82, 2.24) is 0 Å². The molecule has 1 aromatic carbocycles. The lowest BCUT2D eigenvalue weighted by atomic mass is 10.1. The summed E-state index contributed by atoms with van der Waals surface area (Å²) >= 11 is 0. The zero-order chi connectivity index (χ0) is 11.8. The minimum Gasteiger partial charge on any atom is -0.493 e. The maximum Gasteiger partial charge on any atom is 0.162 e. The Labute approximate surface area is 102 Å². The molecule has 1 atom stereocenters. The molecule has 0 saturated carbocycles. The summed E-state index contributed by atoms with van der Waals surface area (Å²) in [6.45, 7) is 2.18. The monoisotopic (exact) mass is 234 g/mol. The van der Waals surface area contributed by atoms with E-state index in [4.69, 9.17) is 9.47 Å². The van der Waals surface area contributed by atoms with Crippen molar-refractivity contribution < 1.29 is 9.47 Å². The van der Waals surface area contributed by atoms with E-state index in [-0.39, 0.29) is 0 Å². The molecule has 4 nitrogen and oxygen atoms in total. The Hall–Kier alpha value is -1.58. The van der Waals surface area contributed by atoms with Crippen molar-refractivity contribution >= 4 is 11.4 Å². The highest BCUT2D eigenvalue weighted by molar-refractivity contribution is 5.77. The normalized spacial score (nSPS) is 21.5. The lowest BCUT2D eigenvalue weighted by Crippen LogP contribution is -2.39. The Kier molecular flexibility index (Phi) is 2.50. The topological polar surface area (TPSA) is 33.7 Å². The number of anilines is 2. The molecule has 92 valence electrons. The van der Waals surface area contributed by atoms with Crippen LogP contribution in [0.5, 0.6) is 11.5 Å². The molecule has 0 bridgehead atoms. The van der Waals surface area contributed by atoms with E-state index in [1.54, 1.807) is 14.2 Å². The predicted molar refractivity (Wildman–Crippen MR) is 68.4 cm³/mol. The Morgan fingerprint density at radius 2 is 2.00 bits per heavy atom. The second-order valence-electron chi connectivity index (χ2n) is 4.59. The van der Waals surface area contributed by atoms with Gasteiger partial charge in [-0.2, -0.15) is 0 Å². The van der Waals surface area contributed by atoms with Crippen molar-refractivity contribution in [2.75, 3.05) is 37.5 Å². The number of rotatable bonds is 2. The molecule has 1 unspecified atom stereocenters. The van der Waals surface area contributed by atoms with E-state index >= 15 is 0 Å². The van der Waals surface area contributed by atoms with Gasteiger partial charge in [0.05, 0.1) is 25.6 Å². The van der Waals surface area contributed by atoms with E-state index in [0.717, 1.165) is 30.3 Å². The average molecular weight is 234 g/mol. The largest absolute Gasteiger partial charge is 0.493 e. The predicted octanol–water partition coefficient (Wildman–Crippen LogP) is 2.10. The fourth-order valence-corrected chi connectivity index (χ4v) is 2.84. The molecular weight excluding hydrogens is 216 g/mol. The Bertz CT molecular complexity index is 434. The third-order valence-corrected chi connectivity index (χ3v) is 3.72. The number of benzene rings is 1. The molecule has 2 heterocycles. The van der Waals surface area contributed by atoms with Gasteiger partial charge in [-0.1, -0.05) is 0 Å². The molecule has 0 aliphatic carbocycles. The van der Waals surface area contributed by atoms with Crippen LogP contribution >= 0.6 is 0 Å². The minimum absolute atomic E-state index is 0.639. The summed E-state index contributed by atoms with van der Waals surface area (Å²) in [5.41, 5.74) is 2.40. The molecule has 1 aromatic rings. The summed E-state index contributed by atoms with van der Waals surface area (Å²) in [6, 6.07) is 4.75. The number of fused-ring (bicyclic) bond motifs is 3. The molecule has 1 N–H and O–H groups in total. The highest BCUT2D eigenvalue weighted by atomic mass is 16.5. The van der Waals surface area contributed by atoms with Crippen LogP contribution in [0, 0.1) is 0 Å². The molecule has 0 radical (unpaired) electrons. The van der Waals surface area contributed by atoms with E-state index in [0.29, 0.717) is 6.04 Å². The van der Waals surface area contributed by atoms with Crippen molar-refractivity contribution in [2.45, 2.75) is 18.9 Å². The maximum atomic E-state index is 5.37. The summed E-state index contributed by atoms with van der Waals surface area (Å²) in [5, 5.41) is 3.48. The van der Waals surface area contributed by atoms with Gasteiger partial charge in [0.25, 0.3) is 0 Å². The van der Waals surface area contributed by atoms with Crippen molar-refractivity contribution in [3.05, 3.63) is 12.1 Å². The minimum atomic E-state index is 0.639. The van der Waals surface area contributed by atoms with E-state index in [2.05, 4.69) is 16.3 Å². The number of hydrogen-bond acceptors (Lipinski definition) is 4. The van der Waals surface area contributed by atoms with Crippen LogP contribution in [0.15, 0.2) is 12.1 Å². The lowest BCUT2D eigenvalue weighted by molar-refractivity contribution is 0.355. The first kappa shape index (κ1) is 10.6. The van der Waals surface area contributed by atoms with Crippen molar-refractivity contribution in [3.8, 4) is 11.5 Å². The van der Waals surface area contributed by atoms with Crippen LogP contribution < -0.4 is 19.7 Å². The van der Waals surface area contributed by atoms with Gasteiger partial charge in [0.1, 0.15) is 0 Å². The summed E-state index contributed by atoms with van der Waals surface area (Å²) < 4.78 is 10.7. The molecular formula is C13H18N2O2. The first-order valence-electron chi connectivity index (χ1n) is 6.10. The van der Waals surface area contributed by atoms with Gasteiger partial charge in [0, 0.05) is 31.3 Å². The number of ether oxygens (including phenoxy) is 2. The Morgan fingerprint density at radius 1 is 1.24 bits per heavy atom. The van der Waals surface area contributed by atoms with E-state index in [1.165, 1.54) is 18.5 Å². The molecule has 0 aromatic heterocycles. The number of nitrogens with zero attached hydrogens (tertiary/aromatic N) is 1. The summed E-state index contributed by atoms with van der Waals surface area (Å²) in [6.07, 6.45) is 2.56. The molecule has 17 heavy (non-hydrogen) atoms. The van der Waals surface area contributed by atoms with Crippen molar-refractivity contribution in [1.29, 1.82) is 0 Å². The molecule has 2 aliphatic heterocycles. The molecule has 4 heteroatoms. The van der Waals surface area contributed by atoms with Crippen LogP contribution in [-0.4, -0.2) is 33.4 Å². The summed E-state index contributed by atoms with van der Waals surface area (Å²) in [7, 11) is 3.35. The Morgan fingerprint density at radius 3 is 2.76 bits per heavy atom. The van der Waals surface area contributed by atoms with Crippen LogP contribution in [-0.2, 0) is 0 Å². The number of methoxy groups -OCH3 is 2. The van der Waals surface area contributed by atoms with Gasteiger partial charge in [0.2, 0.25) is 0 Å². The van der Waals surface area contributed by atoms with Crippen molar-refractivity contribution in [3.63, 3.8) is 0 Å². The van der Waals surface area contributed by atoms with Crippen LogP contribution in [0.4, 0.5) is 11.4 Å². The van der Waals surface area contributed by atoms with Gasteiger partial charge in [-0.3, -0.25) is 0 Å². The van der Waals surface area contributed by atoms with Crippen LogP contribution in [0.2, 0.25) is 0 Å². The highest BCUT2D eigenvalue weighted by Crippen LogP contribution is 2.42. The fraction of sp³-hybridized carbons (Fsp3) is 0.538. The Balaban J connectivity index is 2.06. The van der Waals surface area contributed by atoms with Crippen molar-refractivity contribution in [2.24, 2.45) is 0 Å². The second kappa shape index (κ2) is 4.02. The van der Waals surface area contributed by atoms with Gasteiger partial charge in [0.15, 0.2) is 11.5 Å². The van der Waals surface area contributed by atoms with Gasteiger partial charge < -0.3 is 19.7 Å². The van der Waals surface area contributed by atoms with Gasteiger partial charge in [-0.05, 0) is 12.8 Å². The summed E-state index contributed by atoms with van der Waals surface area (Å²) in [4.78, 5) is 2.48. The van der Waals surface area contributed by atoms with Crippen LogP contribution in [0.25, 0.3) is 0 Å². The van der Waals surface area contributed by atoms with Gasteiger partial charge in [-0.25, -0.2) is 0 Å². The lowest BCUT2D eigenvalue weighted by Gasteiger charge is -2.35. The van der Waals surface area contributed by atoms with E-state index in [1.807, 2.05) is 6.07 Å². The third-order valence-electron chi connectivity index (χ3n) is 3.72. The SMILES string of the molecule is COc1cc2c(cc1OC)N1CCCC1CN2. The molecule has 0 spiro atoms.